The molecule has 9 N–H and O–H groups in total. The van der Waals surface area contributed by atoms with E-state index in [1.807, 2.05) is 6.08 Å². The van der Waals surface area contributed by atoms with Crippen molar-refractivity contribution in [3.05, 3.63) is 72.9 Å². The van der Waals surface area contributed by atoms with Gasteiger partial charge in [0.15, 0.2) is 12.6 Å². The van der Waals surface area contributed by atoms with Gasteiger partial charge in [0.1, 0.15) is 48.8 Å². The Morgan fingerprint density at radius 3 is 1.19 bits per heavy atom. The molecule has 12 unspecified atom stereocenters. The highest BCUT2D eigenvalue weighted by Crippen LogP contribution is 2.30. The minimum atomic E-state index is -1.79. The summed E-state index contributed by atoms with van der Waals surface area (Å²) >= 11 is 0. The second-order valence-corrected chi connectivity index (χ2v) is 25.7. The van der Waals surface area contributed by atoms with Crippen molar-refractivity contribution >= 4 is 5.91 Å². The van der Waals surface area contributed by atoms with Crippen molar-refractivity contribution in [2.45, 2.75) is 376 Å². The highest BCUT2D eigenvalue weighted by Gasteiger charge is 2.51. The lowest BCUT2D eigenvalue weighted by Crippen LogP contribution is -2.65. The van der Waals surface area contributed by atoms with Gasteiger partial charge in [-0.15, -0.1) is 0 Å². The predicted molar refractivity (Wildman–Crippen MR) is 364 cm³/mol. The fraction of sp³-hybridized carbons (Fsp3) is 0.827. The molecule has 0 aromatic carbocycles. The second kappa shape index (κ2) is 59.2. The fourth-order valence-corrected chi connectivity index (χ4v) is 11.9. The summed E-state index contributed by atoms with van der Waals surface area (Å²) in [5, 5.41) is 87.5. The third-order valence-electron chi connectivity index (χ3n) is 17.6. The van der Waals surface area contributed by atoms with E-state index in [0.29, 0.717) is 6.42 Å². The first-order valence-corrected chi connectivity index (χ1v) is 36.7. The molecule has 0 saturated carbocycles. The van der Waals surface area contributed by atoms with Gasteiger partial charge in [-0.3, -0.25) is 4.79 Å². The molecule has 2 saturated heterocycles. The quantitative estimate of drug-likeness (QED) is 0.0204. The summed E-state index contributed by atoms with van der Waals surface area (Å²) in [4.78, 5) is 13.4. The third-order valence-corrected chi connectivity index (χ3v) is 17.6. The molecule has 2 heterocycles. The number of hydrogen-bond acceptors (Lipinski definition) is 13. The van der Waals surface area contributed by atoms with Crippen molar-refractivity contribution in [3.63, 3.8) is 0 Å². The second-order valence-electron chi connectivity index (χ2n) is 25.7. The van der Waals surface area contributed by atoms with Gasteiger partial charge in [0.2, 0.25) is 5.91 Å². The van der Waals surface area contributed by atoms with Crippen LogP contribution in [0.15, 0.2) is 72.9 Å². The van der Waals surface area contributed by atoms with Crippen LogP contribution in [-0.2, 0) is 23.7 Å². The first kappa shape index (κ1) is 82.5. The van der Waals surface area contributed by atoms with Crippen LogP contribution < -0.4 is 5.32 Å². The van der Waals surface area contributed by atoms with E-state index in [4.69, 9.17) is 18.9 Å². The van der Waals surface area contributed by atoms with Gasteiger partial charge in [0.25, 0.3) is 0 Å². The van der Waals surface area contributed by atoms with E-state index < -0.39 is 86.8 Å². The zero-order valence-electron chi connectivity index (χ0n) is 56.4. The van der Waals surface area contributed by atoms with Crippen LogP contribution in [0.25, 0.3) is 0 Å². The maximum Gasteiger partial charge on any atom is 0.220 e. The molecular formula is C75H135NO13. The van der Waals surface area contributed by atoms with Gasteiger partial charge in [0.05, 0.1) is 32.0 Å². The highest BCUT2D eigenvalue weighted by molar-refractivity contribution is 5.76. The Balaban J connectivity index is 1.64. The minimum absolute atomic E-state index is 0.237. The van der Waals surface area contributed by atoms with E-state index in [1.165, 1.54) is 205 Å². The molecule has 0 spiro atoms. The summed E-state index contributed by atoms with van der Waals surface area (Å²) < 4.78 is 22.9. The van der Waals surface area contributed by atoms with Crippen molar-refractivity contribution in [1.29, 1.82) is 0 Å². The average molecular weight is 1260 g/mol. The third kappa shape index (κ3) is 43.1. The van der Waals surface area contributed by atoms with E-state index in [2.05, 4.69) is 79.9 Å². The first-order valence-electron chi connectivity index (χ1n) is 36.7. The molecule has 0 aliphatic carbocycles. The largest absolute Gasteiger partial charge is 0.394 e. The van der Waals surface area contributed by atoms with Gasteiger partial charge in [-0.25, -0.2) is 0 Å². The Labute approximate surface area is 542 Å². The SMILES string of the molecule is CC/C=C\C/C=C\C/C=C\C/C=C\C/C=C\CCCCCCCCCCCCCCCCCCCC(=O)NC(COC1OC(CO)C(OC2OC(CO)C(O)C(O)C2O)C(O)C1O)C(O)/C=C/CCCCCCCCCCCCCCCCCCCCCC. The molecule has 2 fully saturated rings. The van der Waals surface area contributed by atoms with Crippen molar-refractivity contribution in [1.82, 2.24) is 5.32 Å². The van der Waals surface area contributed by atoms with E-state index >= 15 is 0 Å². The Morgan fingerprint density at radius 1 is 0.416 bits per heavy atom. The monoisotopic (exact) mass is 1260 g/mol. The number of aliphatic hydroxyl groups is 8. The molecule has 2 aliphatic rings. The number of allylic oxidation sites excluding steroid dienone is 11. The number of carbonyl (C=O) groups excluding carboxylic acids is 1. The number of rotatable bonds is 60. The predicted octanol–water partition coefficient (Wildman–Crippen LogP) is 15.4. The molecular weight excluding hydrogens is 1120 g/mol. The Hall–Kier alpha value is -2.57. The smallest absolute Gasteiger partial charge is 0.220 e. The maximum atomic E-state index is 13.4. The number of unbranched alkanes of at least 4 members (excludes halogenated alkanes) is 37. The molecule has 0 bridgehead atoms. The summed E-state index contributed by atoms with van der Waals surface area (Å²) in [5.74, 6) is -0.237. The minimum Gasteiger partial charge on any atom is -0.394 e. The fourth-order valence-electron chi connectivity index (χ4n) is 11.9. The van der Waals surface area contributed by atoms with Crippen molar-refractivity contribution < 1.29 is 64.6 Å². The van der Waals surface area contributed by atoms with Gasteiger partial charge in [-0.2, -0.15) is 0 Å². The van der Waals surface area contributed by atoms with E-state index in [0.717, 1.165) is 70.6 Å². The zero-order chi connectivity index (χ0) is 64.5. The van der Waals surface area contributed by atoms with Gasteiger partial charge in [0, 0.05) is 6.42 Å². The molecule has 12 atom stereocenters. The average Bonchev–Trinajstić information content (AvgIpc) is 2.75. The lowest BCUT2D eigenvalue weighted by atomic mass is 9.97. The van der Waals surface area contributed by atoms with Crippen LogP contribution in [0.1, 0.15) is 303 Å². The number of amides is 1. The summed E-state index contributed by atoms with van der Waals surface area (Å²) in [6.45, 7) is 2.72. The highest BCUT2D eigenvalue weighted by atomic mass is 16.7. The van der Waals surface area contributed by atoms with Crippen LogP contribution >= 0.6 is 0 Å². The summed E-state index contributed by atoms with van der Waals surface area (Å²) in [6, 6.07) is -0.918. The van der Waals surface area contributed by atoms with Crippen LogP contribution in [0, 0.1) is 0 Å². The summed E-state index contributed by atoms with van der Waals surface area (Å²) in [7, 11) is 0. The lowest BCUT2D eigenvalue weighted by Gasteiger charge is -2.46. The van der Waals surface area contributed by atoms with Crippen LogP contribution in [0.2, 0.25) is 0 Å². The molecule has 518 valence electrons. The van der Waals surface area contributed by atoms with Crippen molar-refractivity contribution in [3.8, 4) is 0 Å². The van der Waals surface area contributed by atoms with Crippen LogP contribution in [-0.4, -0.2) is 140 Å². The lowest BCUT2D eigenvalue weighted by molar-refractivity contribution is -0.359. The molecule has 14 heteroatoms. The van der Waals surface area contributed by atoms with E-state index in [9.17, 15) is 45.6 Å². The topological polar surface area (TPSA) is 228 Å². The van der Waals surface area contributed by atoms with Crippen molar-refractivity contribution in [2.24, 2.45) is 0 Å². The molecule has 89 heavy (non-hydrogen) atoms. The molecule has 1 amide bonds. The van der Waals surface area contributed by atoms with Gasteiger partial charge >= 0.3 is 0 Å². The Kier molecular flexibility index (Phi) is 54.9. The molecule has 14 nitrogen and oxygen atoms in total. The van der Waals surface area contributed by atoms with E-state index in [-0.39, 0.29) is 18.9 Å². The molecule has 2 aliphatic heterocycles. The first-order chi connectivity index (χ1) is 43.6. The number of nitrogens with one attached hydrogen (secondary N) is 1. The van der Waals surface area contributed by atoms with Crippen molar-refractivity contribution in [2.75, 3.05) is 19.8 Å². The Morgan fingerprint density at radius 2 is 0.775 bits per heavy atom. The normalized spacial score (nSPS) is 23.4. The molecule has 0 aromatic heterocycles. The number of hydrogen-bond donors (Lipinski definition) is 9. The van der Waals surface area contributed by atoms with Crippen LogP contribution in [0.4, 0.5) is 0 Å². The number of carbonyl (C=O) groups is 1. The Bertz CT molecular complexity index is 1770. The summed E-state index contributed by atoms with van der Waals surface area (Å²) in [5.41, 5.74) is 0. The summed E-state index contributed by atoms with van der Waals surface area (Å²) in [6.07, 6.45) is 63.8. The molecule has 0 aromatic rings. The van der Waals surface area contributed by atoms with Gasteiger partial charge in [-0.1, -0.05) is 305 Å². The van der Waals surface area contributed by atoms with E-state index in [1.54, 1.807) is 6.08 Å². The molecule has 0 radical (unpaired) electrons. The maximum absolute atomic E-state index is 13.4. The number of aliphatic hydroxyl groups excluding tert-OH is 8. The number of ether oxygens (including phenoxy) is 4. The molecule has 2 rings (SSSR count). The van der Waals surface area contributed by atoms with Gasteiger partial charge in [-0.05, 0) is 64.2 Å². The van der Waals surface area contributed by atoms with Gasteiger partial charge < -0.3 is 65.1 Å². The van der Waals surface area contributed by atoms with Crippen LogP contribution in [0.5, 0.6) is 0 Å². The zero-order valence-corrected chi connectivity index (χ0v) is 56.4. The van der Waals surface area contributed by atoms with Crippen LogP contribution in [0.3, 0.4) is 0 Å². The standard InChI is InChI=1S/C75H135NO13/c1-3-5-7-9-11-13-15-17-19-21-23-25-27-28-29-30-31-32-33-34-35-36-37-39-41-43-45-47-49-51-53-55-57-59-67(80)76-63(62-86-74-72(85)70(83)73(66(61-78)88-74)89-75-71(84)69(82)68(81)65(60-77)87-75)64(79)58-56-54-52-50-48-46-44-42-40-38-26-24-22-20-18-16-14-12-10-8-6-4-2/h5,7,11,13,17,19,23,25,28-29,56,58,63-66,68-75,77-79,81-85H,3-4,6,8-10,12,14-16,18,20-22,24,26-27,30-55,57,59-62H2,1-2H3,(H,76,80)/b7-5-,13-11-,19-17-,25-23-,29-28-,58-56+.